The third-order valence-corrected chi connectivity index (χ3v) is 3.70. The third kappa shape index (κ3) is 6.61. The van der Waals surface area contributed by atoms with Crippen LogP contribution in [0.3, 0.4) is 0 Å². The molecule has 3 unspecified atom stereocenters. The van der Waals surface area contributed by atoms with Crippen molar-refractivity contribution >= 4 is 6.09 Å². The second kappa shape index (κ2) is 7.94. The molecule has 5 nitrogen and oxygen atoms in total. The van der Waals surface area contributed by atoms with E-state index in [0.29, 0.717) is 32.2 Å². The molecule has 0 heterocycles. The molecule has 1 rings (SSSR count). The van der Waals surface area contributed by atoms with Crippen molar-refractivity contribution in [1.29, 1.82) is 0 Å². The Bertz CT molecular complexity index is 333. The lowest BCUT2D eigenvalue weighted by atomic mass is 9.87. The first-order chi connectivity index (χ1) is 9.73. The van der Waals surface area contributed by atoms with E-state index in [9.17, 15) is 14.3 Å². The van der Waals surface area contributed by atoms with Gasteiger partial charge in [0.2, 0.25) is 0 Å². The molecule has 2 N–H and O–H groups in total. The predicted molar refractivity (Wildman–Crippen MR) is 80.0 cm³/mol. The molecule has 0 aliphatic heterocycles. The Kier molecular flexibility index (Phi) is 6.87. The highest BCUT2D eigenvalue weighted by atomic mass is 19.1. The highest BCUT2D eigenvalue weighted by molar-refractivity contribution is 5.68. The summed E-state index contributed by atoms with van der Waals surface area (Å²) in [6.45, 7) is 5.72. The van der Waals surface area contributed by atoms with E-state index in [0.717, 1.165) is 0 Å². The minimum Gasteiger partial charge on any atom is -0.444 e. The second-order valence-electron chi connectivity index (χ2n) is 6.81. The van der Waals surface area contributed by atoms with Crippen LogP contribution < -0.4 is 5.32 Å². The smallest absolute Gasteiger partial charge is 0.407 e. The zero-order valence-corrected chi connectivity index (χ0v) is 13.6. The van der Waals surface area contributed by atoms with Crippen molar-refractivity contribution < 1.29 is 19.0 Å². The summed E-state index contributed by atoms with van der Waals surface area (Å²) < 4.78 is 17.6. The number of nitrogens with zero attached hydrogens (tertiary/aromatic N) is 1. The van der Waals surface area contributed by atoms with Crippen LogP contribution >= 0.6 is 0 Å². The van der Waals surface area contributed by atoms with Crippen molar-refractivity contribution in [3.8, 4) is 0 Å². The first-order valence-electron chi connectivity index (χ1n) is 7.66. The minimum absolute atomic E-state index is 0.00724. The first-order valence-corrected chi connectivity index (χ1v) is 7.66. The third-order valence-electron chi connectivity index (χ3n) is 3.70. The van der Waals surface area contributed by atoms with Crippen LogP contribution in [-0.2, 0) is 4.74 Å². The number of alkyl carbamates (subject to hydrolysis) is 1. The summed E-state index contributed by atoms with van der Waals surface area (Å²) in [5.74, 6) is 0. The topological polar surface area (TPSA) is 61.8 Å². The molecule has 1 aliphatic carbocycles. The van der Waals surface area contributed by atoms with Crippen LogP contribution in [0.1, 0.15) is 46.5 Å². The van der Waals surface area contributed by atoms with Crippen molar-refractivity contribution in [3.63, 3.8) is 0 Å². The number of hydrogen-bond acceptors (Lipinski definition) is 4. The van der Waals surface area contributed by atoms with Crippen LogP contribution in [0.5, 0.6) is 0 Å². The van der Waals surface area contributed by atoms with Crippen LogP contribution in [0.2, 0.25) is 0 Å². The van der Waals surface area contributed by atoms with E-state index in [4.69, 9.17) is 4.74 Å². The summed E-state index contributed by atoms with van der Waals surface area (Å²) in [7, 11) is 1.90. The molecule has 3 atom stereocenters. The maximum atomic E-state index is 12.3. The molecule has 1 saturated carbocycles. The van der Waals surface area contributed by atoms with E-state index in [1.54, 1.807) is 0 Å². The van der Waals surface area contributed by atoms with Crippen LogP contribution in [0.4, 0.5) is 9.18 Å². The van der Waals surface area contributed by atoms with E-state index in [2.05, 4.69) is 5.32 Å². The predicted octanol–water partition coefficient (Wildman–Crippen LogP) is 2.08. The van der Waals surface area contributed by atoms with E-state index in [1.165, 1.54) is 0 Å². The summed E-state index contributed by atoms with van der Waals surface area (Å²) >= 11 is 0. The Hall–Kier alpha value is -0.880. The fourth-order valence-corrected chi connectivity index (χ4v) is 2.71. The van der Waals surface area contributed by atoms with Gasteiger partial charge < -0.3 is 20.1 Å². The van der Waals surface area contributed by atoms with Gasteiger partial charge in [0.1, 0.15) is 5.60 Å². The number of alkyl halides is 1. The molecule has 0 aromatic rings. The molecule has 6 heteroatoms. The average molecular weight is 304 g/mol. The number of carbonyl (C=O) groups excluding carboxylic acids is 1. The van der Waals surface area contributed by atoms with Crippen molar-refractivity contribution in [2.75, 3.05) is 20.3 Å². The Morgan fingerprint density at radius 2 is 2.10 bits per heavy atom. The average Bonchev–Trinajstić information content (AvgIpc) is 2.35. The maximum absolute atomic E-state index is 12.3. The second-order valence-corrected chi connectivity index (χ2v) is 6.81. The quantitative estimate of drug-likeness (QED) is 0.816. The highest BCUT2D eigenvalue weighted by Gasteiger charge is 2.34. The van der Waals surface area contributed by atoms with Crippen LogP contribution in [-0.4, -0.2) is 60.2 Å². The van der Waals surface area contributed by atoms with Gasteiger partial charge in [-0.25, -0.2) is 4.79 Å². The highest BCUT2D eigenvalue weighted by Crippen LogP contribution is 2.23. The normalized spacial score (nSPS) is 26.7. The summed E-state index contributed by atoms with van der Waals surface area (Å²) in [6.07, 6.45) is 1.61. The minimum atomic E-state index is -0.534. The Morgan fingerprint density at radius 3 is 2.67 bits per heavy atom. The maximum Gasteiger partial charge on any atom is 0.407 e. The van der Waals surface area contributed by atoms with Crippen molar-refractivity contribution in [1.82, 2.24) is 10.2 Å². The number of halogens is 1. The lowest BCUT2D eigenvalue weighted by Gasteiger charge is -2.40. The van der Waals surface area contributed by atoms with E-state index in [-0.39, 0.29) is 24.9 Å². The van der Waals surface area contributed by atoms with Gasteiger partial charge in [-0.2, -0.15) is 0 Å². The number of aliphatic hydroxyl groups excluding tert-OH is 1. The summed E-state index contributed by atoms with van der Waals surface area (Å²) in [5.41, 5.74) is -0.534. The molecule has 1 amide bonds. The fourth-order valence-electron chi connectivity index (χ4n) is 2.71. The Balaban J connectivity index is 2.61. The van der Waals surface area contributed by atoms with Crippen molar-refractivity contribution in [2.24, 2.45) is 0 Å². The first kappa shape index (κ1) is 18.2. The lowest BCUT2D eigenvalue weighted by Crippen LogP contribution is -2.55. The summed E-state index contributed by atoms with van der Waals surface area (Å²) in [6, 6.07) is -0.0688. The molecule has 0 spiro atoms. The van der Waals surface area contributed by atoms with Crippen LogP contribution in [0, 0.1) is 0 Å². The lowest BCUT2D eigenvalue weighted by molar-refractivity contribution is 0.0281. The fraction of sp³-hybridized carbons (Fsp3) is 0.933. The number of aliphatic hydroxyl groups is 1. The molecule has 0 aromatic heterocycles. The van der Waals surface area contributed by atoms with Crippen molar-refractivity contribution in [2.45, 2.75) is 70.2 Å². The number of hydrogen-bond donors (Lipinski definition) is 2. The molecule has 0 saturated heterocycles. The van der Waals surface area contributed by atoms with E-state index in [1.807, 2.05) is 32.7 Å². The zero-order valence-electron chi connectivity index (χ0n) is 13.6. The number of carbonyl (C=O) groups is 1. The molecule has 0 aromatic carbocycles. The standard InChI is InChI=1S/C15H29FN2O3/c1-15(2,3)21-14(20)17-12-7-6-11(19)10-13(12)18(4)9-5-8-16/h11-13,19H,5-10H2,1-4H3,(H,17,20). The monoisotopic (exact) mass is 304 g/mol. The number of amides is 1. The molecule has 0 radical (unpaired) electrons. The van der Waals surface area contributed by atoms with Gasteiger partial charge in [0.05, 0.1) is 12.8 Å². The number of rotatable bonds is 5. The SMILES string of the molecule is CN(CCCF)C1CC(O)CCC1NC(=O)OC(C)(C)C. The molecule has 1 aliphatic rings. The molecular weight excluding hydrogens is 275 g/mol. The van der Waals surface area contributed by atoms with E-state index >= 15 is 0 Å². The van der Waals surface area contributed by atoms with Gasteiger partial charge in [-0.1, -0.05) is 0 Å². The zero-order chi connectivity index (χ0) is 16.0. The van der Waals surface area contributed by atoms with Gasteiger partial charge in [-0.15, -0.1) is 0 Å². The largest absolute Gasteiger partial charge is 0.444 e. The number of ether oxygens (including phenoxy) is 1. The van der Waals surface area contributed by atoms with Crippen LogP contribution in [0.15, 0.2) is 0 Å². The Labute approximate surface area is 126 Å². The van der Waals surface area contributed by atoms with Gasteiger partial charge >= 0.3 is 6.09 Å². The van der Waals surface area contributed by atoms with Gasteiger partial charge in [-0.05, 0) is 53.5 Å². The van der Waals surface area contributed by atoms with Gasteiger partial charge in [0.15, 0.2) is 0 Å². The molecule has 124 valence electrons. The van der Waals surface area contributed by atoms with Crippen molar-refractivity contribution in [3.05, 3.63) is 0 Å². The molecular formula is C15H29FN2O3. The number of likely N-dealkylation sites (N-methyl/N-ethyl adjacent to an activating group) is 1. The summed E-state index contributed by atoms with van der Waals surface area (Å²) in [4.78, 5) is 13.9. The van der Waals surface area contributed by atoms with E-state index < -0.39 is 11.7 Å². The van der Waals surface area contributed by atoms with Crippen LogP contribution in [0.25, 0.3) is 0 Å². The van der Waals surface area contributed by atoms with Gasteiger partial charge in [0.25, 0.3) is 0 Å². The van der Waals surface area contributed by atoms with Gasteiger partial charge in [-0.3, -0.25) is 4.39 Å². The number of nitrogens with one attached hydrogen (secondary N) is 1. The Morgan fingerprint density at radius 1 is 1.43 bits per heavy atom. The summed E-state index contributed by atoms with van der Waals surface area (Å²) in [5, 5.41) is 12.7. The molecule has 0 bridgehead atoms. The molecule has 1 fully saturated rings. The molecule has 21 heavy (non-hydrogen) atoms. The van der Waals surface area contributed by atoms with Gasteiger partial charge in [0, 0.05) is 18.6 Å².